The van der Waals surface area contributed by atoms with Crippen LogP contribution in [0.15, 0.2) is 18.2 Å². The fourth-order valence-corrected chi connectivity index (χ4v) is 2.77. The molecule has 1 N–H and O–H groups in total. The van der Waals surface area contributed by atoms with E-state index in [2.05, 4.69) is 10.2 Å². The minimum atomic E-state index is -0.341. The number of nitro benzene ring substituents is 1. The summed E-state index contributed by atoms with van der Waals surface area (Å²) in [4.78, 5) is 12.6. The molecule has 1 aromatic rings. The number of halogens is 1. The van der Waals surface area contributed by atoms with E-state index < -0.39 is 0 Å². The molecule has 0 bridgehead atoms. The molecular formula is C11H14IN3O2. The lowest BCUT2D eigenvalue weighted by atomic mass is 10.2. The van der Waals surface area contributed by atoms with Crippen molar-refractivity contribution in [2.24, 2.45) is 0 Å². The van der Waals surface area contributed by atoms with Gasteiger partial charge >= 0.3 is 0 Å². The largest absolute Gasteiger partial charge is 0.370 e. The summed E-state index contributed by atoms with van der Waals surface area (Å²) in [5.41, 5.74) is 1.25. The third-order valence-electron chi connectivity index (χ3n) is 3.09. The number of hydrogen-bond acceptors (Lipinski definition) is 4. The molecule has 1 unspecified atom stereocenters. The van der Waals surface area contributed by atoms with E-state index in [9.17, 15) is 10.1 Å². The highest BCUT2D eigenvalue weighted by molar-refractivity contribution is 14.1. The van der Waals surface area contributed by atoms with Gasteiger partial charge in [-0.25, -0.2) is 0 Å². The number of nitrogens with one attached hydrogen (secondary N) is 1. The van der Waals surface area contributed by atoms with Gasteiger partial charge in [0.25, 0.3) is 5.69 Å². The molecule has 1 fully saturated rings. The van der Waals surface area contributed by atoms with Crippen LogP contribution in [0.1, 0.15) is 6.42 Å². The van der Waals surface area contributed by atoms with Gasteiger partial charge in [-0.15, -0.1) is 0 Å². The first-order valence-corrected chi connectivity index (χ1v) is 6.56. The number of benzene rings is 1. The molecule has 0 amide bonds. The molecule has 0 aromatic heterocycles. The summed E-state index contributed by atoms with van der Waals surface area (Å²) in [7, 11) is 1.97. The molecule has 0 aliphatic carbocycles. The molecular weight excluding hydrogens is 333 g/mol. The van der Waals surface area contributed by atoms with E-state index in [1.165, 1.54) is 0 Å². The average molecular weight is 347 g/mol. The molecule has 1 aliphatic heterocycles. The maximum absolute atomic E-state index is 10.7. The molecule has 0 radical (unpaired) electrons. The first-order chi connectivity index (χ1) is 8.11. The molecule has 1 aromatic carbocycles. The topological polar surface area (TPSA) is 58.4 Å². The van der Waals surface area contributed by atoms with Crippen LogP contribution in [-0.2, 0) is 0 Å². The average Bonchev–Trinajstić information content (AvgIpc) is 2.76. The van der Waals surface area contributed by atoms with E-state index in [4.69, 9.17) is 0 Å². The third-order valence-corrected chi connectivity index (χ3v) is 3.95. The highest BCUT2D eigenvalue weighted by Gasteiger charge is 2.22. The number of nitro groups is 1. The zero-order chi connectivity index (χ0) is 12.4. The minimum absolute atomic E-state index is 0.179. The van der Waals surface area contributed by atoms with Crippen molar-refractivity contribution in [2.45, 2.75) is 12.5 Å². The quantitative estimate of drug-likeness (QED) is 0.516. The Hall–Kier alpha value is -0.890. The van der Waals surface area contributed by atoms with Crippen molar-refractivity contribution in [3.63, 3.8) is 0 Å². The predicted octanol–water partition coefficient (Wildman–Crippen LogP) is 2.00. The molecule has 0 spiro atoms. The lowest BCUT2D eigenvalue weighted by Gasteiger charge is -2.18. The van der Waals surface area contributed by atoms with Crippen molar-refractivity contribution < 1.29 is 4.92 Å². The lowest BCUT2D eigenvalue weighted by Crippen LogP contribution is -2.29. The molecule has 1 saturated heterocycles. The van der Waals surface area contributed by atoms with Crippen LogP contribution < -0.4 is 10.2 Å². The summed E-state index contributed by atoms with van der Waals surface area (Å²) in [5, 5.41) is 14.0. The number of rotatable bonds is 3. The van der Waals surface area contributed by atoms with Crippen LogP contribution in [0.4, 0.5) is 11.4 Å². The fourth-order valence-electron chi connectivity index (χ4n) is 2.07. The normalized spacial score (nSPS) is 19.6. The minimum Gasteiger partial charge on any atom is -0.370 e. The van der Waals surface area contributed by atoms with Crippen LogP contribution in [0, 0.1) is 13.7 Å². The second kappa shape index (κ2) is 5.18. The Balaban J connectivity index is 2.18. The zero-order valence-corrected chi connectivity index (χ0v) is 11.7. The van der Waals surface area contributed by atoms with Gasteiger partial charge in [-0.3, -0.25) is 10.1 Å². The molecule has 0 saturated carbocycles. The third kappa shape index (κ3) is 2.68. The Morgan fingerprint density at radius 1 is 1.59 bits per heavy atom. The van der Waals surface area contributed by atoms with Gasteiger partial charge in [0.15, 0.2) is 0 Å². The standard InChI is InChI=1S/C11H14IN3O2/c1-13-8-4-5-14(7-8)9-2-3-11(15(16)17)10(12)6-9/h2-3,6,8,13H,4-5,7H2,1H3. The maximum Gasteiger partial charge on any atom is 0.282 e. The van der Waals surface area contributed by atoms with E-state index in [0.717, 1.165) is 25.2 Å². The van der Waals surface area contributed by atoms with Gasteiger partial charge in [0.05, 0.1) is 8.49 Å². The van der Waals surface area contributed by atoms with E-state index in [1.807, 2.05) is 41.8 Å². The van der Waals surface area contributed by atoms with Crippen LogP contribution in [0.25, 0.3) is 0 Å². The highest BCUT2D eigenvalue weighted by atomic mass is 127. The summed E-state index contributed by atoms with van der Waals surface area (Å²) in [6.45, 7) is 1.96. The number of likely N-dealkylation sites (N-methyl/N-ethyl adjacent to an activating group) is 1. The van der Waals surface area contributed by atoms with Crippen molar-refractivity contribution in [1.82, 2.24) is 5.32 Å². The molecule has 2 rings (SSSR count). The van der Waals surface area contributed by atoms with Gasteiger partial charge in [0.1, 0.15) is 0 Å². The molecule has 17 heavy (non-hydrogen) atoms. The molecule has 1 aliphatic rings. The molecule has 1 heterocycles. The molecule has 5 nitrogen and oxygen atoms in total. The summed E-state index contributed by atoms with van der Waals surface area (Å²) >= 11 is 2.02. The van der Waals surface area contributed by atoms with E-state index in [1.54, 1.807) is 6.07 Å². The van der Waals surface area contributed by atoms with Crippen LogP contribution in [0.3, 0.4) is 0 Å². The van der Waals surface area contributed by atoms with Crippen LogP contribution >= 0.6 is 22.6 Å². The number of anilines is 1. The van der Waals surface area contributed by atoms with Crippen LogP contribution in [0.2, 0.25) is 0 Å². The number of nitrogens with zero attached hydrogens (tertiary/aromatic N) is 2. The smallest absolute Gasteiger partial charge is 0.282 e. The van der Waals surface area contributed by atoms with Crippen LogP contribution in [0.5, 0.6) is 0 Å². The summed E-state index contributed by atoms with van der Waals surface area (Å²) in [6.07, 6.45) is 1.12. The first-order valence-electron chi connectivity index (χ1n) is 5.48. The van der Waals surface area contributed by atoms with Gasteiger partial charge in [-0.2, -0.15) is 0 Å². The van der Waals surface area contributed by atoms with Crippen molar-refractivity contribution in [3.8, 4) is 0 Å². The van der Waals surface area contributed by atoms with Crippen molar-refractivity contribution in [1.29, 1.82) is 0 Å². The Labute approximate surface area is 113 Å². The molecule has 1 atom stereocenters. The van der Waals surface area contributed by atoms with Crippen molar-refractivity contribution in [3.05, 3.63) is 31.9 Å². The van der Waals surface area contributed by atoms with Crippen molar-refractivity contribution in [2.75, 3.05) is 25.0 Å². The first kappa shape index (κ1) is 12.6. The predicted molar refractivity (Wildman–Crippen MR) is 75.5 cm³/mol. The number of hydrogen-bond donors (Lipinski definition) is 1. The van der Waals surface area contributed by atoms with Gasteiger partial charge in [-0.1, -0.05) is 0 Å². The second-order valence-electron chi connectivity index (χ2n) is 4.11. The second-order valence-corrected chi connectivity index (χ2v) is 5.28. The Morgan fingerprint density at radius 2 is 2.35 bits per heavy atom. The van der Waals surface area contributed by atoms with E-state index >= 15 is 0 Å². The van der Waals surface area contributed by atoms with E-state index in [-0.39, 0.29) is 10.6 Å². The SMILES string of the molecule is CNC1CCN(c2ccc([N+](=O)[O-])c(I)c2)C1. The summed E-state index contributed by atoms with van der Waals surface area (Å²) < 4.78 is 0.693. The van der Waals surface area contributed by atoms with Gasteiger partial charge < -0.3 is 10.2 Å². The fraction of sp³-hybridized carbons (Fsp3) is 0.455. The monoisotopic (exact) mass is 347 g/mol. The van der Waals surface area contributed by atoms with Crippen molar-refractivity contribution >= 4 is 34.0 Å². The highest BCUT2D eigenvalue weighted by Crippen LogP contribution is 2.28. The van der Waals surface area contributed by atoms with E-state index in [0.29, 0.717) is 9.61 Å². The molecule has 6 heteroatoms. The Morgan fingerprint density at radius 3 is 2.88 bits per heavy atom. The summed E-state index contributed by atoms with van der Waals surface area (Å²) in [6, 6.07) is 5.82. The maximum atomic E-state index is 10.7. The van der Waals surface area contributed by atoms with Gasteiger partial charge in [0, 0.05) is 30.9 Å². The van der Waals surface area contributed by atoms with Crippen LogP contribution in [-0.4, -0.2) is 31.1 Å². The summed E-state index contributed by atoms with van der Waals surface area (Å²) in [5.74, 6) is 0. The lowest BCUT2D eigenvalue weighted by molar-refractivity contribution is -0.385. The molecule has 92 valence electrons. The zero-order valence-electron chi connectivity index (χ0n) is 9.52. The van der Waals surface area contributed by atoms with Gasteiger partial charge in [-0.05, 0) is 48.2 Å². The Kier molecular flexibility index (Phi) is 3.82. The van der Waals surface area contributed by atoms with Gasteiger partial charge in [0.2, 0.25) is 0 Å². The Bertz CT molecular complexity index is 439.